The number of nitrogens with one attached hydrogen (secondary N) is 15. The molecule has 10 heterocycles. The minimum Gasteiger partial charge on any atom is -0.489 e. The van der Waals surface area contributed by atoms with Gasteiger partial charge in [0.05, 0.1) is 56.3 Å². The fourth-order valence-electron chi connectivity index (χ4n) is 14.3. The molecule has 5 aromatic heterocycles. The third kappa shape index (κ3) is 35.7. The first-order chi connectivity index (χ1) is 67.3. The highest BCUT2D eigenvalue weighted by molar-refractivity contribution is 7.60. The number of hydrogen-bond acceptors (Lipinski definition) is 40. The summed E-state index contributed by atoms with van der Waals surface area (Å²) in [7, 11) is 0. The molecule has 0 radical (unpaired) electrons. The van der Waals surface area contributed by atoms with Gasteiger partial charge < -0.3 is 158 Å². The number of β-amino-alcohol motifs (C(OH)–C–C–N with tert-alkyl or cyclic N) is 5. The monoisotopic (exact) mass is 2080 g/mol. The van der Waals surface area contributed by atoms with Gasteiger partial charge in [-0.3, -0.25) is 24.0 Å². The Morgan fingerprint density at radius 2 is 0.632 bits per heavy atom. The normalized spacial score (nSPS) is 15.6. The molecule has 5 aliphatic heterocycles. The van der Waals surface area contributed by atoms with Crippen LogP contribution in [-0.4, -0.2) is 234 Å². The number of carbonyl (C=O) groups excluding carboxylic acids is 5. The van der Waals surface area contributed by atoms with Gasteiger partial charge >= 0.3 is 0 Å². The van der Waals surface area contributed by atoms with Crippen LogP contribution in [0.1, 0.15) is 143 Å². The highest BCUT2D eigenvalue weighted by Gasteiger charge is 2.26. The SMILES string of the molecule is C#CCCCNc1nc(Nc2ccc3c(c2)NC[C@H](O)CO3)ncc1C(N)=O.C=CCCNc1nc(Nc2ccc3c(c2)NC[C@H](O)CO3)ncc1C(N)=O.CCCCCNc1nc(Nc2ccc3c(c2)NC[C@H](O)CO3)ncc1C(N)=O.CCCCNc1nc(Nc2ccc3c(c2)NC[C@H](O)CO3)ncc1C(N)=O.NC(=O)c1cnc(Nc2ccc3c(c2)NC[C@H](O)CO3)nc1NCC1CCCC1.S.S.S.S.S. The summed E-state index contributed by atoms with van der Waals surface area (Å²) in [6, 6.07) is 27.4. The Kier molecular flexibility index (Phi) is 48.3. The smallest absolute Gasteiger partial charge is 0.254 e. The van der Waals surface area contributed by atoms with Gasteiger partial charge in [0.15, 0.2) is 0 Å². The Morgan fingerprint density at radius 1 is 0.382 bits per heavy atom. The third-order valence-electron chi connectivity index (χ3n) is 21.6. The summed E-state index contributed by atoms with van der Waals surface area (Å²) in [5, 5.41) is 95.5. The minimum absolute atomic E-state index is 0. The summed E-state index contributed by atoms with van der Waals surface area (Å²) >= 11 is 0. The van der Waals surface area contributed by atoms with Crippen LogP contribution < -0.4 is 132 Å². The number of rotatable bonds is 35. The zero-order chi connectivity index (χ0) is 98.5. The second-order valence-electron chi connectivity index (χ2n) is 32.7. The van der Waals surface area contributed by atoms with Crippen molar-refractivity contribution < 1.29 is 73.2 Å². The van der Waals surface area contributed by atoms with Gasteiger partial charge in [0.2, 0.25) is 29.7 Å². The number of aliphatic hydroxyl groups excluding tert-OH is 5. The van der Waals surface area contributed by atoms with Crippen LogP contribution in [0.5, 0.6) is 28.7 Å². The highest BCUT2D eigenvalue weighted by atomic mass is 32.1. The summed E-state index contributed by atoms with van der Waals surface area (Å²) in [6.45, 7) is 14.4. The highest BCUT2D eigenvalue weighted by Crippen LogP contribution is 2.38. The number of fused-ring (bicyclic) bond motifs is 5. The van der Waals surface area contributed by atoms with Crippen molar-refractivity contribution in [2.75, 3.05) is 178 Å². The van der Waals surface area contributed by atoms with Crippen LogP contribution in [0.15, 0.2) is 135 Å². The molecule has 776 valence electrons. The van der Waals surface area contributed by atoms with Gasteiger partial charge in [0.25, 0.3) is 29.5 Å². The molecule has 45 nitrogen and oxygen atoms in total. The molecule has 10 aromatic rings. The number of anilines is 20. The molecule has 50 heteroatoms. The topological polar surface area (TPSA) is 672 Å². The number of amides is 5. The molecule has 0 spiro atoms. The van der Waals surface area contributed by atoms with Gasteiger partial charge in [-0.05, 0) is 135 Å². The number of ether oxygens (including phenoxy) is 5. The van der Waals surface area contributed by atoms with Crippen LogP contribution >= 0.6 is 67.5 Å². The summed E-state index contributed by atoms with van der Waals surface area (Å²) in [5.41, 5.74) is 35.8. The Labute approximate surface area is 868 Å². The lowest BCUT2D eigenvalue weighted by molar-refractivity contribution is 0.0992. The van der Waals surface area contributed by atoms with Crippen LogP contribution in [0.25, 0.3) is 0 Å². The van der Waals surface area contributed by atoms with Crippen molar-refractivity contribution >= 4 is 213 Å². The number of terminal acetylenes is 1. The number of carbonyl (C=O) groups is 5. The molecule has 0 bridgehead atoms. The number of primary amides is 5. The average Bonchev–Trinajstić information content (AvgIpc) is 1.22. The van der Waals surface area contributed by atoms with Crippen LogP contribution in [0, 0.1) is 18.3 Å². The molecule has 5 atom stereocenters. The maximum absolute atomic E-state index is 11.7. The lowest BCUT2D eigenvalue weighted by Gasteiger charge is -2.15. The first-order valence-electron chi connectivity index (χ1n) is 45.7. The van der Waals surface area contributed by atoms with E-state index in [2.05, 4.69) is 156 Å². The molecule has 144 heavy (non-hydrogen) atoms. The Hall–Kier alpha value is -14.3. The second kappa shape index (κ2) is 59.6. The predicted octanol–water partition coefficient (Wildman–Crippen LogP) is 9.21. The van der Waals surface area contributed by atoms with Crippen molar-refractivity contribution in [2.24, 2.45) is 34.6 Å². The minimum atomic E-state index is -0.615. The zero-order valence-corrected chi connectivity index (χ0v) is 84.6. The summed E-state index contributed by atoms with van der Waals surface area (Å²) in [5.74, 6) is 7.20. The number of benzene rings is 5. The first kappa shape index (κ1) is 117. The van der Waals surface area contributed by atoms with Gasteiger partial charge in [-0.2, -0.15) is 92.4 Å². The molecule has 1 aliphatic carbocycles. The number of nitrogens with zero attached hydrogens (tertiary/aromatic N) is 10. The van der Waals surface area contributed by atoms with E-state index in [-0.39, 0.29) is 128 Å². The summed E-state index contributed by atoms with van der Waals surface area (Å²) < 4.78 is 27.8. The van der Waals surface area contributed by atoms with E-state index in [1.54, 1.807) is 24.3 Å². The first-order valence-corrected chi connectivity index (χ1v) is 45.7. The van der Waals surface area contributed by atoms with Gasteiger partial charge in [-0.1, -0.05) is 52.0 Å². The van der Waals surface area contributed by atoms with Gasteiger partial charge in [0, 0.05) is 131 Å². The standard InChI is InChI=1S/C20H26N6O3.C19H26N6O3.C19H22N6O3.C18H24N6O3.C18H22N6O3.5H2S/c21-18(28)15-10-24-20(26-19(15)23-8-12-3-1-2-4-12)25-13-5-6-17-16(7-13)22-9-14(27)11-29-17;2*1-2-3-4-7-21-18-14(17(20)27)10-23-19(25-18)24-12-5-6-16-15(8-12)22-9-13(26)11-28-16;2*1-2-3-6-20-17-13(16(19)26)9-22-18(24-17)23-11-4-5-15-14(7-11)21-8-12(25)10-27-15;;;;;/h5-7,10,12,14,22,27H,1-4,8-9,11H2,(H2,21,28)(H2,23,24,25,26);5-6,8,10,13,22,26H,2-4,7,9,11H2,1H3,(H2,20,27)(H2,21,23,24,25);1,5-6,8,10,13,22,26H,3-4,7,9,11H2,(H2,20,27)(H2,21,23,24,25);4-5,7,9,12,21,25H,2-3,6,8,10H2,1H3,(H2,19,26)(H2,20,22,23,24);2,4-5,7,9,12,21,25H,1,3,6,8,10H2,(H2,19,26)(H2,20,22,23,24);5*1H2/t14-;2*13-;2*12-;;;;;/m00000...../s1. The number of aliphatic hydroxyl groups is 5. The van der Waals surface area contributed by atoms with E-state index in [0.29, 0.717) is 165 Å². The molecule has 16 rings (SSSR count). The molecule has 1 fully saturated rings. The average molecular weight is 2080 g/mol. The lowest BCUT2D eigenvalue weighted by Crippen LogP contribution is -2.23. The van der Waals surface area contributed by atoms with Crippen molar-refractivity contribution in [3.8, 4) is 41.1 Å². The predicted molar refractivity (Wildman–Crippen MR) is 585 cm³/mol. The molecule has 0 saturated heterocycles. The molecular weight excluding hydrogens is 1950 g/mol. The quantitative estimate of drug-likeness (QED) is 0.00999. The van der Waals surface area contributed by atoms with Crippen molar-refractivity contribution in [3.63, 3.8) is 0 Å². The van der Waals surface area contributed by atoms with E-state index >= 15 is 0 Å². The maximum atomic E-state index is 11.7. The third-order valence-corrected chi connectivity index (χ3v) is 21.6. The lowest BCUT2D eigenvalue weighted by atomic mass is 10.1. The fraction of sp³-hybridized carbons (Fsp3) is 0.372. The fourth-order valence-corrected chi connectivity index (χ4v) is 14.3. The Balaban J connectivity index is 0.000000242. The number of nitrogens with two attached hydrogens (primary N) is 5. The van der Waals surface area contributed by atoms with Crippen molar-refractivity contribution in [3.05, 3.63) is 162 Å². The largest absolute Gasteiger partial charge is 0.489 e. The zero-order valence-electron chi connectivity index (χ0n) is 79.6. The van der Waals surface area contributed by atoms with Gasteiger partial charge in [-0.15, -0.1) is 18.9 Å². The molecule has 0 unspecified atom stereocenters. The summed E-state index contributed by atoms with van der Waals surface area (Å²) in [6.07, 6.45) is 23.3. The molecule has 30 N–H and O–H groups in total. The van der Waals surface area contributed by atoms with Gasteiger partial charge in [0.1, 0.15) is 121 Å². The van der Waals surface area contributed by atoms with E-state index < -0.39 is 60.1 Å². The Morgan fingerprint density at radius 3 is 0.882 bits per heavy atom. The van der Waals surface area contributed by atoms with Crippen molar-refractivity contribution in [1.82, 2.24) is 49.8 Å². The molecule has 6 aliphatic rings. The van der Waals surface area contributed by atoms with Gasteiger partial charge in [-0.25, -0.2) is 24.9 Å². The summed E-state index contributed by atoms with van der Waals surface area (Å²) in [4.78, 5) is 101. The molecule has 5 amide bonds. The molecular formula is C94H130N30O15S5. The molecule has 5 aromatic carbocycles. The van der Waals surface area contributed by atoms with Crippen molar-refractivity contribution in [2.45, 2.75) is 121 Å². The number of unbranched alkanes of at least 4 members (excludes halogenated alkanes) is 4. The van der Waals surface area contributed by atoms with E-state index in [4.69, 9.17) is 58.8 Å². The number of hydrogen-bond donors (Lipinski definition) is 25. The molecule has 1 saturated carbocycles. The Bertz CT molecular complexity index is 5930. The van der Waals surface area contributed by atoms with E-state index in [1.165, 1.54) is 56.7 Å². The van der Waals surface area contributed by atoms with Crippen LogP contribution in [0.4, 0.5) is 116 Å². The number of aromatic nitrogens is 10. The van der Waals surface area contributed by atoms with E-state index in [9.17, 15) is 49.5 Å². The van der Waals surface area contributed by atoms with Crippen LogP contribution in [0.2, 0.25) is 0 Å². The van der Waals surface area contributed by atoms with Crippen LogP contribution in [-0.2, 0) is 0 Å². The van der Waals surface area contributed by atoms with Crippen molar-refractivity contribution in [1.29, 1.82) is 0 Å². The van der Waals surface area contributed by atoms with E-state index in [1.807, 2.05) is 72.8 Å². The van der Waals surface area contributed by atoms with E-state index in [0.717, 1.165) is 102 Å². The maximum Gasteiger partial charge on any atom is 0.254 e. The van der Waals surface area contributed by atoms with Crippen LogP contribution in [0.3, 0.4) is 0 Å². The second-order valence-corrected chi connectivity index (χ2v) is 32.7.